The summed E-state index contributed by atoms with van der Waals surface area (Å²) in [4.78, 5) is 0. The van der Waals surface area contributed by atoms with Crippen LogP contribution in [0.3, 0.4) is 0 Å². The lowest BCUT2D eigenvalue weighted by Gasteiger charge is -2.30. The van der Waals surface area contributed by atoms with Gasteiger partial charge >= 0.3 is 0 Å². The predicted octanol–water partition coefficient (Wildman–Crippen LogP) is 4.93. The Bertz CT molecular complexity index is 152. The molecule has 1 fully saturated rings. The predicted molar refractivity (Wildman–Crippen MR) is 61.1 cm³/mol. The fourth-order valence-electron chi connectivity index (χ4n) is 1.81. The molecule has 0 aromatic rings. The highest BCUT2D eigenvalue weighted by Crippen LogP contribution is 2.43. The Morgan fingerprint density at radius 1 is 0.846 bits per heavy atom. The van der Waals surface area contributed by atoms with Crippen molar-refractivity contribution in [2.45, 2.75) is 47.7 Å². The van der Waals surface area contributed by atoms with Crippen molar-refractivity contribution in [3.63, 3.8) is 0 Å². The van der Waals surface area contributed by atoms with Gasteiger partial charge in [-0.2, -0.15) is 0 Å². The van der Waals surface area contributed by atoms with E-state index in [9.17, 15) is 0 Å². The van der Waals surface area contributed by atoms with E-state index in [0.29, 0.717) is 0 Å². The van der Waals surface area contributed by atoms with Gasteiger partial charge in [-0.1, -0.05) is 60.5 Å². The topological polar surface area (TPSA) is 0 Å². The molecule has 0 N–H and O–H groups in total. The molecule has 13 heavy (non-hydrogen) atoms. The number of halogens is 4. The Hall–Kier alpha value is 1.16. The minimum absolute atomic E-state index is 0.0134. The maximum Gasteiger partial charge on any atom is 0.194 e. The lowest BCUT2D eigenvalue weighted by Crippen LogP contribution is -2.29. The largest absolute Gasteiger partial charge is 0.194 e. The summed E-state index contributed by atoms with van der Waals surface area (Å²) < 4.78 is -1.19. The standard InChI is InChI=1S/C9H14Cl4/c10-8-6-4-2-1-3-5-7(8)9(11,12)13/h7-8H,1-6H2/t7-,8+/m0/s1. The molecule has 0 bridgehead atoms. The molecule has 0 unspecified atom stereocenters. The zero-order valence-electron chi connectivity index (χ0n) is 7.41. The van der Waals surface area contributed by atoms with Crippen LogP contribution in [0, 0.1) is 5.92 Å². The highest BCUT2D eigenvalue weighted by atomic mass is 35.6. The zero-order valence-corrected chi connectivity index (χ0v) is 10.4. The summed E-state index contributed by atoms with van der Waals surface area (Å²) in [6.07, 6.45) is 6.69. The first-order valence-electron chi connectivity index (χ1n) is 4.72. The van der Waals surface area contributed by atoms with E-state index in [2.05, 4.69) is 0 Å². The van der Waals surface area contributed by atoms with Gasteiger partial charge in [0.2, 0.25) is 0 Å². The van der Waals surface area contributed by atoms with Crippen LogP contribution in [0.1, 0.15) is 38.5 Å². The van der Waals surface area contributed by atoms with E-state index in [1.54, 1.807) is 0 Å². The van der Waals surface area contributed by atoms with Crippen molar-refractivity contribution >= 4 is 46.4 Å². The van der Waals surface area contributed by atoms with Gasteiger partial charge in [-0.3, -0.25) is 0 Å². The summed E-state index contributed by atoms with van der Waals surface area (Å²) >= 11 is 23.8. The molecule has 0 aliphatic heterocycles. The van der Waals surface area contributed by atoms with E-state index in [4.69, 9.17) is 46.4 Å². The van der Waals surface area contributed by atoms with Crippen molar-refractivity contribution in [2.75, 3.05) is 0 Å². The van der Waals surface area contributed by atoms with E-state index in [1.165, 1.54) is 12.8 Å². The Morgan fingerprint density at radius 3 is 1.92 bits per heavy atom. The van der Waals surface area contributed by atoms with Gasteiger partial charge in [-0.25, -0.2) is 0 Å². The highest BCUT2D eigenvalue weighted by molar-refractivity contribution is 6.67. The molecule has 1 rings (SSSR count). The van der Waals surface area contributed by atoms with Crippen LogP contribution in [0.25, 0.3) is 0 Å². The fourth-order valence-corrected chi connectivity index (χ4v) is 3.25. The normalized spacial score (nSPS) is 32.3. The van der Waals surface area contributed by atoms with Crippen LogP contribution in [0.2, 0.25) is 0 Å². The zero-order chi connectivity index (χ0) is 9.90. The smallest absolute Gasteiger partial charge is 0.123 e. The monoisotopic (exact) mass is 262 g/mol. The summed E-state index contributed by atoms with van der Waals surface area (Å²) in [5.41, 5.74) is 0. The number of hydrogen-bond acceptors (Lipinski definition) is 0. The van der Waals surface area contributed by atoms with Gasteiger partial charge in [0.15, 0.2) is 3.79 Å². The lowest BCUT2D eigenvalue weighted by atomic mass is 9.92. The Labute approximate surface area is 99.9 Å². The van der Waals surface area contributed by atoms with Crippen molar-refractivity contribution < 1.29 is 0 Å². The average molecular weight is 264 g/mol. The third-order valence-electron chi connectivity index (χ3n) is 2.60. The molecule has 2 atom stereocenters. The van der Waals surface area contributed by atoms with Crippen LogP contribution in [0.4, 0.5) is 0 Å². The molecule has 0 amide bonds. The van der Waals surface area contributed by atoms with E-state index < -0.39 is 3.79 Å². The summed E-state index contributed by atoms with van der Waals surface area (Å²) in [5, 5.41) is 0.0211. The van der Waals surface area contributed by atoms with Crippen molar-refractivity contribution in [2.24, 2.45) is 5.92 Å². The molecular formula is C9H14Cl4. The number of rotatable bonds is 0. The number of hydrogen-bond donors (Lipinski definition) is 0. The van der Waals surface area contributed by atoms with Gasteiger partial charge in [-0.15, -0.1) is 11.6 Å². The summed E-state index contributed by atoms with van der Waals surface area (Å²) in [7, 11) is 0. The van der Waals surface area contributed by atoms with Crippen LogP contribution in [0.15, 0.2) is 0 Å². The molecular weight excluding hydrogens is 250 g/mol. The molecule has 0 aromatic carbocycles. The molecule has 1 aliphatic carbocycles. The molecule has 4 heteroatoms. The maximum absolute atomic E-state index is 6.19. The van der Waals surface area contributed by atoms with E-state index in [0.717, 1.165) is 25.7 Å². The lowest BCUT2D eigenvalue weighted by molar-refractivity contribution is 0.389. The van der Waals surface area contributed by atoms with Gasteiger partial charge < -0.3 is 0 Å². The van der Waals surface area contributed by atoms with Gasteiger partial charge in [0.05, 0.1) is 0 Å². The van der Waals surface area contributed by atoms with Crippen molar-refractivity contribution in [1.29, 1.82) is 0 Å². The van der Waals surface area contributed by atoms with E-state index in [1.807, 2.05) is 0 Å². The van der Waals surface area contributed by atoms with Crippen LogP contribution in [-0.4, -0.2) is 9.17 Å². The van der Waals surface area contributed by atoms with Crippen LogP contribution >= 0.6 is 46.4 Å². The first-order valence-corrected chi connectivity index (χ1v) is 6.29. The third-order valence-corrected chi connectivity index (χ3v) is 3.97. The molecule has 1 aliphatic rings. The minimum atomic E-state index is -1.19. The first kappa shape index (κ1) is 12.2. The molecule has 0 heterocycles. The SMILES string of the molecule is Cl[C@@H]1CCCCCC[C@@H]1C(Cl)(Cl)Cl. The van der Waals surface area contributed by atoms with Crippen LogP contribution in [0.5, 0.6) is 0 Å². The minimum Gasteiger partial charge on any atom is -0.123 e. The quantitative estimate of drug-likeness (QED) is 0.544. The highest BCUT2D eigenvalue weighted by Gasteiger charge is 2.37. The molecule has 0 radical (unpaired) electrons. The Kier molecular flexibility index (Phi) is 4.99. The Morgan fingerprint density at radius 2 is 1.38 bits per heavy atom. The van der Waals surface area contributed by atoms with E-state index in [-0.39, 0.29) is 11.3 Å². The molecule has 0 aromatic heterocycles. The summed E-state index contributed by atoms with van der Waals surface area (Å²) in [6.45, 7) is 0. The van der Waals surface area contributed by atoms with Crippen molar-refractivity contribution in [1.82, 2.24) is 0 Å². The molecule has 78 valence electrons. The maximum atomic E-state index is 6.19. The second-order valence-corrected chi connectivity index (χ2v) is 6.59. The third kappa shape index (κ3) is 4.03. The summed E-state index contributed by atoms with van der Waals surface area (Å²) in [6, 6.07) is 0. The Balaban J connectivity index is 2.56. The second-order valence-electron chi connectivity index (χ2n) is 3.66. The average Bonchev–Trinajstić information content (AvgIpc) is 1.94. The van der Waals surface area contributed by atoms with Crippen LogP contribution in [-0.2, 0) is 0 Å². The molecule has 0 nitrogen and oxygen atoms in total. The van der Waals surface area contributed by atoms with Crippen molar-refractivity contribution in [3.05, 3.63) is 0 Å². The summed E-state index contributed by atoms with van der Waals surface area (Å²) in [5.74, 6) is 0.0134. The van der Waals surface area contributed by atoms with Gasteiger partial charge in [0, 0.05) is 11.3 Å². The molecule has 0 spiro atoms. The van der Waals surface area contributed by atoms with Gasteiger partial charge in [0.25, 0.3) is 0 Å². The van der Waals surface area contributed by atoms with E-state index >= 15 is 0 Å². The fraction of sp³-hybridized carbons (Fsp3) is 1.00. The number of alkyl halides is 4. The second kappa shape index (κ2) is 5.30. The van der Waals surface area contributed by atoms with Gasteiger partial charge in [-0.05, 0) is 12.8 Å². The first-order chi connectivity index (χ1) is 6.02. The van der Waals surface area contributed by atoms with Gasteiger partial charge in [0.1, 0.15) is 0 Å². The molecule has 1 saturated carbocycles. The molecule has 0 saturated heterocycles. The van der Waals surface area contributed by atoms with Crippen LogP contribution < -0.4 is 0 Å². The van der Waals surface area contributed by atoms with Crippen molar-refractivity contribution in [3.8, 4) is 0 Å².